The maximum Gasteiger partial charge on any atom is 0.179 e. The highest BCUT2D eigenvalue weighted by molar-refractivity contribution is 9.06. The van der Waals surface area contributed by atoms with Gasteiger partial charge in [-0.25, -0.2) is 0 Å². The average molecular weight is 281 g/mol. The van der Waals surface area contributed by atoms with Crippen molar-refractivity contribution in [2.24, 2.45) is 0 Å². The molecule has 2 aliphatic rings. The van der Waals surface area contributed by atoms with Crippen molar-refractivity contribution < 1.29 is 8.93 Å². The summed E-state index contributed by atoms with van der Waals surface area (Å²) in [6.07, 6.45) is 3.75. The zero-order valence-corrected chi connectivity index (χ0v) is 10.5. The third-order valence-corrected chi connectivity index (χ3v) is 3.92. The van der Waals surface area contributed by atoms with Crippen LogP contribution in [0.3, 0.4) is 0 Å². The van der Waals surface area contributed by atoms with Gasteiger partial charge in [-0.15, -0.1) is 0 Å². The van der Waals surface area contributed by atoms with Crippen LogP contribution in [0.1, 0.15) is 30.4 Å². The van der Waals surface area contributed by atoms with Gasteiger partial charge in [0.05, 0.1) is 6.10 Å². The van der Waals surface area contributed by atoms with Crippen LogP contribution in [0.2, 0.25) is 0 Å². The second-order valence-electron chi connectivity index (χ2n) is 4.46. The first-order valence-corrected chi connectivity index (χ1v) is 6.27. The minimum absolute atomic E-state index is 0.282. The van der Waals surface area contributed by atoms with E-state index in [0.29, 0.717) is 0 Å². The number of hydrogen-bond acceptors (Lipinski definition) is 2. The number of rotatable bonds is 1. The van der Waals surface area contributed by atoms with E-state index in [-0.39, 0.29) is 6.10 Å². The van der Waals surface area contributed by atoms with E-state index in [9.17, 15) is 5.11 Å². The van der Waals surface area contributed by atoms with Crippen LogP contribution in [0, 0.1) is 0 Å². The van der Waals surface area contributed by atoms with E-state index in [4.69, 9.17) is 3.83 Å². The molecule has 0 aliphatic heterocycles. The second kappa shape index (κ2) is 3.90. The van der Waals surface area contributed by atoms with Crippen molar-refractivity contribution in [1.82, 2.24) is 0 Å². The van der Waals surface area contributed by atoms with Gasteiger partial charge in [-0.2, -0.15) is 0 Å². The molecule has 0 fully saturated rings. The van der Waals surface area contributed by atoms with Crippen molar-refractivity contribution in [2.45, 2.75) is 31.8 Å². The first kappa shape index (κ1) is 10.4. The zero-order chi connectivity index (χ0) is 11.1. The Morgan fingerprint density at radius 3 is 3.06 bits per heavy atom. The van der Waals surface area contributed by atoms with Gasteiger partial charge < -0.3 is 8.93 Å². The summed E-state index contributed by atoms with van der Waals surface area (Å²) in [4.78, 5) is 0. The van der Waals surface area contributed by atoms with Crippen LogP contribution in [0.15, 0.2) is 23.8 Å². The number of aliphatic hydroxyl groups is 1. The summed E-state index contributed by atoms with van der Waals surface area (Å²) in [6, 6.07) is 6.02. The Kier molecular flexibility index (Phi) is 2.52. The monoisotopic (exact) mass is 280 g/mol. The van der Waals surface area contributed by atoms with E-state index in [2.05, 4.69) is 22.3 Å². The summed E-state index contributed by atoms with van der Waals surface area (Å²) in [6.45, 7) is 0. The van der Waals surface area contributed by atoms with Crippen molar-refractivity contribution in [3.8, 4) is 5.75 Å². The quantitative estimate of drug-likeness (QED) is 0.856. The van der Waals surface area contributed by atoms with Crippen molar-refractivity contribution in [3.05, 3.63) is 34.9 Å². The van der Waals surface area contributed by atoms with Gasteiger partial charge in [-0.3, -0.25) is 0 Å². The molecule has 1 aromatic carbocycles. The average Bonchev–Trinajstić information content (AvgIpc) is 2.68. The maximum atomic E-state index is 10.1. The Labute approximate surface area is 103 Å². The summed E-state index contributed by atoms with van der Waals surface area (Å²) < 4.78 is 5.20. The Morgan fingerprint density at radius 1 is 1.38 bits per heavy atom. The molecule has 3 heteroatoms. The lowest BCUT2D eigenvalue weighted by Gasteiger charge is -2.20. The number of aliphatic hydroxyl groups excluding tert-OH is 1. The molecular weight excluding hydrogens is 268 g/mol. The van der Waals surface area contributed by atoms with E-state index < -0.39 is 0 Å². The first-order chi connectivity index (χ1) is 7.81. The van der Waals surface area contributed by atoms with Crippen molar-refractivity contribution in [1.29, 1.82) is 0 Å². The Bertz CT molecular complexity index is 465. The number of allylic oxidation sites excluding steroid dienone is 1. The molecule has 0 saturated heterocycles. The fraction of sp³-hybridized carbons (Fsp3) is 0.385. The highest BCUT2D eigenvalue weighted by Crippen LogP contribution is 2.44. The molecule has 1 aromatic rings. The largest absolute Gasteiger partial charge is 0.418 e. The molecule has 84 valence electrons. The van der Waals surface area contributed by atoms with Crippen molar-refractivity contribution in [3.63, 3.8) is 0 Å². The van der Waals surface area contributed by atoms with E-state index in [1.54, 1.807) is 0 Å². The second-order valence-corrected chi connectivity index (χ2v) is 4.79. The van der Waals surface area contributed by atoms with Gasteiger partial charge >= 0.3 is 0 Å². The highest BCUT2D eigenvalue weighted by Gasteiger charge is 2.30. The molecule has 1 atom stereocenters. The maximum absolute atomic E-state index is 10.1. The lowest BCUT2D eigenvalue weighted by Crippen LogP contribution is -2.13. The first-order valence-electron chi connectivity index (χ1n) is 5.62. The summed E-state index contributed by atoms with van der Waals surface area (Å²) >= 11 is 3.04. The highest BCUT2D eigenvalue weighted by atomic mass is 79.9. The smallest absolute Gasteiger partial charge is 0.179 e. The number of benzene rings is 1. The van der Waals surface area contributed by atoms with Gasteiger partial charge in [0.25, 0.3) is 0 Å². The molecule has 16 heavy (non-hydrogen) atoms. The molecule has 0 saturated carbocycles. The predicted molar refractivity (Wildman–Crippen MR) is 66.5 cm³/mol. The predicted octanol–water partition coefficient (Wildman–Crippen LogP) is 3.23. The molecule has 0 amide bonds. The van der Waals surface area contributed by atoms with E-state index in [1.165, 1.54) is 16.7 Å². The van der Waals surface area contributed by atoms with Gasteiger partial charge in [-0.05, 0) is 42.9 Å². The van der Waals surface area contributed by atoms with Crippen LogP contribution in [-0.4, -0.2) is 11.2 Å². The van der Waals surface area contributed by atoms with E-state index in [0.717, 1.165) is 37.0 Å². The Balaban J connectivity index is 2.12. The topological polar surface area (TPSA) is 29.5 Å². The summed E-state index contributed by atoms with van der Waals surface area (Å²) in [5.41, 5.74) is 4.95. The molecule has 0 aromatic heterocycles. The van der Waals surface area contributed by atoms with Gasteiger partial charge in [-0.1, -0.05) is 17.7 Å². The fourth-order valence-electron chi connectivity index (χ4n) is 2.86. The molecule has 2 aliphatic carbocycles. The van der Waals surface area contributed by atoms with Crippen LogP contribution in [-0.2, 0) is 6.42 Å². The third kappa shape index (κ3) is 1.42. The summed E-state index contributed by atoms with van der Waals surface area (Å²) in [5.74, 6) is 0.874. The molecule has 1 N–H and O–H groups in total. The molecule has 2 nitrogen and oxygen atoms in total. The number of halogens is 1. The number of fused-ring (bicyclic) bond motifs is 2. The fourth-order valence-corrected chi connectivity index (χ4v) is 3.17. The molecule has 0 radical (unpaired) electrons. The third-order valence-electron chi connectivity index (χ3n) is 3.57. The zero-order valence-electron chi connectivity index (χ0n) is 8.87. The van der Waals surface area contributed by atoms with Gasteiger partial charge in [0, 0.05) is 5.56 Å². The Morgan fingerprint density at radius 2 is 2.25 bits per heavy atom. The van der Waals surface area contributed by atoms with Gasteiger partial charge in [0.2, 0.25) is 0 Å². The molecule has 1 unspecified atom stereocenters. The van der Waals surface area contributed by atoms with Crippen LogP contribution in [0.4, 0.5) is 0 Å². The van der Waals surface area contributed by atoms with E-state index in [1.807, 2.05) is 12.1 Å². The van der Waals surface area contributed by atoms with Gasteiger partial charge in [0.1, 0.15) is 5.75 Å². The SMILES string of the molecule is OC1CCCC2=C1c1cccc(OBr)c1C2. The summed E-state index contributed by atoms with van der Waals surface area (Å²) in [7, 11) is 0. The van der Waals surface area contributed by atoms with Crippen LogP contribution >= 0.6 is 16.3 Å². The molecule has 3 rings (SSSR count). The lowest BCUT2D eigenvalue weighted by atomic mass is 9.89. The number of hydrogen-bond donors (Lipinski definition) is 1. The van der Waals surface area contributed by atoms with Crippen LogP contribution < -0.4 is 3.83 Å². The minimum Gasteiger partial charge on any atom is -0.418 e. The molecule has 0 heterocycles. The van der Waals surface area contributed by atoms with Crippen LogP contribution in [0.5, 0.6) is 5.75 Å². The standard InChI is InChI=1S/C13H13BrO2/c14-16-12-6-2-4-9-10(12)7-8-3-1-5-11(15)13(8)9/h2,4,6,11,15H,1,3,5,7H2. The summed E-state index contributed by atoms with van der Waals surface area (Å²) in [5, 5.41) is 10.1. The van der Waals surface area contributed by atoms with E-state index >= 15 is 0 Å². The normalized spacial score (nSPS) is 23.0. The minimum atomic E-state index is -0.282. The molecule has 0 bridgehead atoms. The molecule has 0 spiro atoms. The Hall–Kier alpha value is -0.800. The van der Waals surface area contributed by atoms with Gasteiger partial charge in [0.15, 0.2) is 16.3 Å². The van der Waals surface area contributed by atoms with Crippen molar-refractivity contribution in [2.75, 3.05) is 0 Å². The molecular formula is C13H13BrO2. The lowest BCUT2D eigenvalue weighted by molar-refractivity contribution is 0.213. The van der Waals surface area contributed by atoms with Crippen molar-refractivity contribution >= 4 is 21.8 Å². The van der Waals surface area contributed by atoms with Crippen LogP contribution in [0.25, 0.3) is 5.57 Å².